The lowest BCUT2D eigenvalue weighted by Crippen LogP contribution is -2.53. The van der Waals surface area contributed by atoms with Crippen LogP contribution in [0.15, 0.2) is 0 Å². The molecule has 0 N–H and O–H groups in total. The molecule has 0 amide bonds. The van der Waals surface area contributed by atoms with E-state index in [1.165, 1.54) is 32.1 Å². The smallest absolute Gasteiger partial charge is 0.0266 e. The van der Waals surface area contributed by atoms with Crippen LogP contribution in [-0.2, 0) is 0 Å². The summed E-state index contributed by atoms with van der Waals surface area (Å²) in [6.07, 6.45) is 19.9. The number of hydrogen-bond donors (Lipinski definition) is 0. The molecule has 0 aromatic carbocycles. The Morgan fingerprint density at radius 2 is 1.41 bits per heavy atom. The van der Waals surface area contributed by atoms with Crippen LogP contribution < -0.4 is 0 Å². The van der Waals surface area contributed by atoms with E-state index in [4.69, 9.17) is 0 Å². The van der Waals surface area contributed by atoms with Gasteiger partial charge in [0.2, 0.25) is 0 Å². The van der Waals surface area contributed by atoms with Crippen molar-refractivity contribution in [2.45, 2.75) is 160 Å². The van der Waals surface area contributed by atoms with Gasteiger partial charge in [-0.1, -0.05) is 102 Å². The van der Waals surface area contributed by atoms with Crippen LogP contribution in [0.2, 0.25) is 0 Å². The molecule has 204 valence electrons. The van der Waals surface area contributed by atoms with Gasteiger partial charge in [-0.15, -0.1) is 0 Å². The molecule has 0 spiro atoms. The van der Waals surface area contributed by atoms with Gasteiger partial charge in [0, 0.05) is 0 Å². The second-order valence-corrected chi connectivity index (χ2v) is 13.2. The summed E-state index contributed by atoms with van der Waals surface area (Å²) in [6.45, 7) is 23.3. The highest BCUT2D eigenvalue weighted by Gasteiger charge is 2.59. The van der Waals surface area contributed by atoms with Crippen molar-refractivity contribution in [3.05, 3.63) is 0 Å². The Morgan fingerprint density at radius 1 is 0.794 bits per heavy atom. The molecule has 0 radical (unpaired) electrons. The summed E-state index contributed by atoms with van der Waals surface area (Å²) in [6, 6.07) is 0. The van der Waals surface area contributed by atoms with E-state index in [2.05, 4.69) is 41.5 Å². The molecule has 0 heteroatoms. The van der Waals surface area contributed by atoms with Gasteiger partial charge in [0.15, 0.2) is 0 Å². The third kappa shape index (κ3) is 6.28. The Bertz CT molecular complexity index is 548. The van der Waals surface area contributed by atoms with Crippen molar-refractivity contribution >= 4 is 0 Å². The Kier molecular flexibility index (Phi) is 13.3. The zero-order chi connectivity index (χ0) is 24.8. The number of fused-ring (bicyclic) bond motifs is 5. The minimum Gasteiger partial charge on any atom is -0.0776 e. The van der Waals surface area contributed by atoms with Crippen LogP contribution in [0.5, 0.6) is 0 Å². The third-order valence-corrected chi connectivity index (χ3v) is 11.7. The van der Waals surface area contributed by atoms with Gasteiger partial charge in [0.05, 0.1) is 0 Å². The first-order valence-electron chi connectivity index (χ1n) is 15.8. The molecule has 4 aliphatic rings. The molecule has 4 rings (SSSR count). The van der Waals surface area contributed by atoms with E-state index >= 15 is 0 Å². The van der Waals surface area contributed by atoms with Gasteiger partial charge in [-0.05, 0) is 116 Å². The Labute approximate surface area is 218 Å². The van der Waals surface area contributed by atoms with Crippen LogP contribution in [0.4, 0.5) is 0 Å². The molecule has 4 fully saturated rings. The number of hydrogen-bond acceptors (Lipinski definition) is 0. The van der Waals surface area contributed by atoms with E-state index in [1.54, 1.807) is 51.4 Å². The van der Waals surface area contributed by atoms with E-state index in [1.807, 2.05) is 27.7 Å². The minimum absolute atomic E-state index is 0. The first-order valence-corrected chi connectivity index (χ1v) is 15.8. The summed E-state index contributed by atoms with van der Waals surface area (Å²) < 4.78 is 0. The highest BCUT2D eigenvalue weighted by atomic mass is 14.6. The highest BCUT2D eigenvalue weighted by molar-refractivity contribution is 5.09. The summed E-state index contributed by atoms with van der Waals surface area (Å²) in [5, 5.41) is 0. The normalized spacial score (nSPS) is 41.4. The first-order chi connectivity index (χ1) is 15.8. The van der Waals surface area contributed by atoms with Gasteiger partial charge in [-0.3, -0.25) is 0 Å². The van der Waals surface area contributed by atoms with Crippen molar-refractivity contribution in [2.24, 2.45) is 58.2 Å². The second kappa shape index (κ2) is 14.1. The Balaban J connectivity index is 0.00000110. The zero-order valence-corrected chi connectivity index (χ0v) is 24.8. The van der Waals surface area contributed by atoms with Crippen molar-refractivity contribution in [1.29, 1.82) is 0 Å². The van der Waals surface area contributed by atoms with Crippen LogP contribution >= 0.6 is 0 Å². The molecule has 4 saturated carbocycles. The SMILES string of the molecule is C.CC.CC.CCC(CCCC1CCC2C3CCC4CC(C)CCC4(C)C3CCC12C)C(C)C. The quantitative estimate of drug-likeness (QED) is 0.357. The van der Waals surface area contributed by atoms with Gasteiger partial charge in [-0.2, -0.15) is 0 Å². The Hall–Kier alpha value is 0. The average molecular weight is 477 g/mol. The maximum atomic E-state index is 2.75. The lowest BCUT2D eigenvalue weighted by atomic mass is 9.44. The fourth-order valence-corrected chi connectivity index (χ4v) is 9.69. The van der Waals surface area contributed by atoms with Gasteiger partial charge >= 0.3 is 0 Å². The standard InChI is InChI=1S/C29H52.2C2H6.CH4/c1-7-22(20(2)3)9-8-10-23-12-14-26-25-13-11-24-19-21(4)15-17-29(24,6)27(25)16-18-28(23,26)5;2*1-2;/h20-27H,7-19H2,1-6H3;2*1-2H3;1H4. The van der Waals surface area contributed by atoms with Crippen molar-refractivity contribution in [3.63, 3.8) is 0 Å². The maximum Gasteiger partial charge on any atom is -0.0266 e. The molecule has 0 aromatic heterocycles. The van der Waals surface area contributed by atoms with Crippen molar-refractivity contribution in [3.8, 4) is 0 Å². The molecular weight excluding hydrogens is 408 g/mol. The Morgan fingerprint density at radius 3 is 2.03 bits per heavy atom. The molecule has 9 unspecified atom stereocenters. The monoisotopic (exact) mass is 477 g/mol. The third-order valence-electron chi connectivity index (χ3n) is 11.7. The molecule has 0 bridgehead atoms. The largest absolute Gasteiger partial charge is 0.0776 e. The molecule has 0 nitrogen and oxygen atoms in total. The number of rotatable bonds is 6. The van der Waals surface area contributed by atoms with Crippen molar-refractivity contribution in [1.82, 2.24) is 0 Å². The summed E-state index contributed by atoms with van der Waals surface area (Å²) in [5.74, 6) is 8.12. The summed E-state index contributed by atoms with van der Waals surface area (Å²) in [7, 11) is 0. The van der Waals surface area contributed by atoms with E-state index in [0.29, 0.717) is 10.8 Å². The molecular formula is C34H68. The van der Waals surface area contributed by atoms with Gasteiger partial charge < -0.3 is 0 Å². The molecule has 9 atom stereocenters. The molecule has 0 aromatic rings. The van der Waals surface area contributed by atoms with Crippen molar-refractivity contribution in [2.75, 3.05) is 0 Å². The highest BCUT2D eigenvalue weighted by Crippen LogP contribution is 2.68. The van der Waals surface area contributed by atoms with E-state index < -0.39 is 0 Å². The van der Waals surface area contributed by atoms with E-state index in [9.17, 15) is 0 Å². The van der Waals surface area contributed by atoms with Gasteiger partial charge in [0.25, 0.3) is 0 Å². The van der Waals surface area contributed by atoms with Gasteiger partial charge in [0.1, 0.15) is 0 Å². The topological polar surface area (TPSA) is 0 Å². The van der Waals surface area contributed by atoms with E-state index in [0.717, 1.165) is 47.3 Å². The lowest BCUT2D eigenvalue weighted by molar-refractivity contribution is -0.117. The van der Waals surface area contributed by atoms with Crippen LogP contribution in [-0.4, -0.2) is 0 Å². The predicted octanol–water partition coefficient (Wildman–Crippen LogP) is 11.8. The van der Waals surface area contributed by atoms with Crippen molar-refractivity contribution < 1.29 is 0 Å². The zero-order valence-electron chi connectivity index (χ0n) is 24.8. The lowest BCUT2D eigenvalue weighted by Gasteiger charge is -2.61. The summed E-state index contributed by atoms with van der Waals surface area (Å²) >= 11 is 0. The van der Waals surface area contributed by atoms with Crippen LogP contribution in [0.1, 0.15) is 160 Å². The molecule has 0 aliphatic heterocycles. The maximum absolute atomic E-state index is 2.75. The summed E-state index contributed by atoms with van der Waals surface area (Å²) in [4.78, 5) is 0. The second-order valence-electron chi connectivity index (χ2n) is 13.2. The average Bonchev–Trinajstić information content (AvgIpc) is 3.16. The molecule has 34 heavy (non-hydrogen) atoms. The fraction of sp³-hybridized carbons (Fsp3) is 1.00. The van der Waals surface area contributed by atoms with E-state index in [-0.39, 0.29) is 7.43 Å². The van der Waals surface area contributed by atoms with Crippen LogP contribution in [0.3, 0.4) is 0 Å². The predicted molar refractivity (Wildman–Crippen MR) is 156 cm³/mol. The van der Waals surface area contributed by atoms with Crippen LogP contribution in [0, 0.1) is 58.2 Å². The summed E-state index contributed by atoms with van der Waals surface area (Å²) in [5.41, 5.74) is 1.38. The minimum atomic E-state index is 0. The molecule has 0 heterocycles. The molecule has 0 saturated heterocycles. The first kappa shape index (κ1) is 32.0. The molecule has 4 aliphatic carbocycles. The van der Waals surface area contributed by atoms with Crippen LogP contribution in [0.25, 0.3) is 0 Å². The fourth-order valence-electron chi connectivity index (χ4n) is 9.69. The van der Waals surface area contributed by atoms with Gasteiger partial charge in [-0.25, -0.2) is 0 Å².